The number of rotatable bonds is 13. The lowest BCUT2D eigenvalue weighted by Crippen LogP contribution is -2.37. The highest BCUT2D eigenvalue weighted by Gasteiger charge is 2.30. The first kappa shape index (κ1) is 23.2. The van der Waals surface area contributed by atoms with E-state index in [-0.39, 0.29) is 12.5 Å². The van der Waals surface area contributed by atoms with E-state index in [0.29, 0.717) is 6.42 Å². The van der Waals surface area contributed by atoms with Gasteiger partial charge in [0.1, 0.15) is 5.60 Å². The summed E-state index contributed by atoms with van der Waals surface area (Å²) in [5, 5.41) is 9.03. The van der Waals surface area contributed by atoms with Crippen LogP contribution >= 0.6 is 0 Å². The summed E-state index contributed by atoms with van der Waals surface area (Å²) in [6.45, 7) is 15.0. The summed E-state index contributed by atoms with van der Waals surface area (Å²) in [5.74, 6) is -2.50. The van der Waals surface area contributed by atoms with Crippen molar-refractivity contribution in [1.82, 2.24) is 0 Å². The molecular formula is C19H32O6. The Morgan fingerprint density at radius 2 is 1.96 bits per heavy atom. The second-order valence-electron chi connectivity index (χ2n) is 6.62. The third kappa shape index (κ3) is 10.6. The fourth-order valence-corrected chi connectivity index (χ4v) is 1.99. The summed E-state index contributed by atoms with van der Waals surface area (Å²) in [6, 6.07) is 0. The highest BCUT2D eigenvalue weighted by Crippen LogP contribution is 2.21. The van der Waals surface area contributed by atoms with Crippen LogP contribution in [0, 0.1) is 0 Å². The molecule has 0 rings (SSSR count). The van der Waals surface area contributed by atoms with Gasteiger partial charge in [0, 0.05) is 13.0 Å². The summed E-state index contributed by atoms with van der Waals surface area (Å²) in [5.41, 5.74) is -0.735. The quantitative estimate of drug-likeness (QED) is 0.177. The van der Waals surface area contributed by atoms with E-state index in [0.717, 1.165) is 25.9 Å². The Morgan fingerprint density at radius 3 is 2.48 bits per heavy atom. The van der Waals surface area contributed by atoms with E-state index in [9.17, 15) is 9.59 Å². The Balaban J connectivity index is 4.55. The summed E-state index contributed by atoms with van der Waals surface area (Å²) in [6.07, 6.45) is 3.89. The average molecular weight is 356 g/mol. The molecule has 0 saturated carbocycles. The van der Waals surface area contributed by atoms with Crippen molar-refractivity contribution in [3.8, 4) is 0 Å². The summed E-state index contributed by atoms with van der Waals surface area (Å²) in [4.78, 5) is 23.7. The molecule has 1 N–H and O–H groups in total. The van der Waals surface area contributed by atoms with Crippen molar-refractivity contribution in [2.24, 2.45) is 0 Å². The molecule has 2 atom stereocenters. The molecule has 6 heteroatoms. The molecule has 25 heavy (non-hydrogen) atoms. The van der Waals surface area contributed by atoms with Gasteiger partial charge in [0.2, 0.25) is 6.10 Å². The maximum atomic E-state index is 12.3. The van der Waals surface area contributed by atoms with E-state index in [4.69, 9.17) is 19.3 Å². The number of hydrogen-bond acceptors (Lipinski definition) is 6. The first-order valence-electron chi connectivity index (χ1n) is 8.67. The van der Waals surface area contributed by atoms with E-state index in [1.54, 1.807) is 13.8 Å². The molecule has 6 nitrogen and oxygen atoms in total. The summed E-state index contributed by atoms with van der Waals surface area (Å²) >= 11 is 0. The molecule has 0 amide bonds. The minimum absolute atomic E-state index is 0.0732. The van der Waals surface area contributed by atoms with Gasteiger partial charge >= 0.3 is 11.9 Å². The Morgan fingerprint density at radius 1 is 1.32 bits per heavy atom. The predicted octanol–water partition coefficient (Wildman–Crippen LogP) is 3.85. The van der Waals surface area contributed by atoms with Crippen molar-refractivity contribution >= 4 is 11.9 Å². The molecule has 0 spiro atoms. The van der Waals surface area contributed by atoms with Gasteiger partial charge in [0.15, 0.2) is 5.76 Å². The average Bonchev–Trinajstić information content (AvgIpc) is 2.52. The Labute approximate surface area is 150 Å². The topological polar surface area (TPSA) is 82.1 Å². The maximum Gasteiger partial charge on any atom is 0.373 e. The molecule has 0 aliphatic rings. The highest BCUT2D eigenvalue weighted by molar-refractivity contribution is 5.88. The van der Waals surface area contributed by atoms with Gasteiger partial charge in [-0.25, -0.2) is 9.59 Å². The van der Waals surface area contributed by atoms with Crippen LogP contribution in [0.5, 0.6) is 0 Å². The fourth-order valence-electron chi connectivity index (χ4n) is 1.99. The number of carbonyl (C=O) groups excluding carboxylic acids is 2. The maximum absolute atomic E-state index is 12.3. The standard InChI is InChI=1S/C19H32O6/c1-7-9-13-23-14(3)11-12-19(5,6)25-18(22)16(10-8-2)24-17(21)15(4)20/h8,14,16,20H,2,4,7,9-13H2,1,3,5-6H3. The number of unbranched alkanes of at least 4 members (excludes halogenated alkanes) is 1. The second kappa shape index (κ2) is 11.7. The Kier molecular flexibility index (Phi) is 10.8. The fraction of sp³-hybridized carbons (Fsp3) is 0.684. The van der Waals surface area contributed by atoms with E-state index in [2.05, 4.69) is 20.1 Å². The van der Waals surface area contributed by atoms with Crippen molar-refractivity contribution < 1.29 is 28.9 Å². The van der Waals surface area contributed by atoms with Crippen molar-refractivity contribution in [3.63, 3.8) is 0 Å². The molecule has 0 aromatic heterocycles. The minimum Gasteiger partial charge on any atom is -0.502 e. The molecule has 2 unspecified atom stereocenters. The van der Waals surface area contributed by atoms with E-state index < -0.39 is 29.4 Å². The number of carbonyl (C=O) groups is 2. The highest BCUT2D eigenvalue weighted by atomic mass is 16.6. The van der Waals surface area contributed by atoms with Crippen LogP contribution in [0.25, 0.3) is 0 Å². The summed E-state index contributed by atoms with van der Waals surface area (Å²) < 4.78 is 16.1. The van der Waals surface area contributed by atoms with Crippen molar-refractivity contribution in [2.75, 3.05) is 6.61 Å². The molecule has 0 fully saturated rings. The van der Waals surface area contributed by atoms with Crippen molar-refractivity contribution in [3.05, 3.63) is 25.0 Å². The van der Waals surface area contributed by atoms with Gasteiger partial charge in [-0.05, 0) is 46.6 Å². The van der Waals surface area contributed by atoms with Crippen LogP contribution in [-0.4, -0.2) is 41.5 Å². The number of aliphatic hydroxyl groups is 1. The molecule has 144 valence electrons. The second-order valence-corrected chi connectivity index (χ2v) is 6.62. The predicted molar refractivity (Wildman–Crippen MR) is 96.2 cm³/mol. The number of aliphatic hydroxyl groups excluding tert-OH is 1. The molecule has 0 saturated heterocycles. The first-order valence-corrected chi connectivity index (χ1v) is 8.67. The third-order valence-electron chi connectivity index (χ3n) is 3.56. The van der Waals surface area contributed by atoms with Crippen LogP contribution in [0.1, 0.15) is 59.8 Å². The molecule has 0 bridgehead atoms. The van der Waals surface area contributed by atoms with Crippen LogP contribution in [0.15, 0.2) is 25.0 Å². The number of ether oxygens (including phenoxy) is 3. The monoisotopic (exact) mass is 356 g/mol. The van der Waals surface area contributed by atoms with E-state index >= 15 is 0 Å². The van der Waals surface area contributed by atoms with Crippen LogP contribution in [0.3, 0.4) is 0 Å². The van der Waals surface area contributed by atoms with Gasteiger partial charge in [-0.2, -0.15) is 0 Å². The molecule has 0 heterocycles. The van der Waals surface area contributed by atoms with Crippen LogP contribution in [-0.2, 0) is 23.8 Å². The molecule has 0 radical (unpaired) electrons. The molecule has 0 aliphatic carbocycles. The van der Waals surface area contributed by atoms with Gasteiger partial charge < -0.3 is 19.3 Å². The zero-order valence-corrected chi connectivity index (χ0v) is 15.9. The van der Waals surface area contributed by atoms with Gasteiger partial charge in [-0.3, -0.25) is 0 Å². The van der Waals surface area contributed by atoms with Gasteiger partial charge in [-0.1, -0.05) is 19.4 Å². The number of esters is 2. The van der Waals surface area contributed by atoms with Crippen LogP contribution in [0.4, 0.5) is 0 Å². The molecule has 0 aromatic rings. The number of hydrogen-bond donors (Lipinski definition) is 1. The zero-order chi connectivity index (χ0) is 19.5. The van der Waals surface area contributed by atoms with Crippen molar-refractivity contribution in [1.29, 1.82) is 0 Å². The lowest BCUT2D eigenvalue weighted by Gasteiger charge is -2.28. The van der Waals surface area contributed by atoms with E-state index in [1.165, 1.54) is 6.08 Å². The Hall–Kier alpha value is -1.82. The van der Waals surface area contributed by atoms with Crippen LogP contribution in [0.2, 0.25) is 0 Å². The summed E-state index contributed by atoms with van der Waals surface area (Å²) in [7, 11) is 0. The Bertz CT molecular complexity index is 455. The third-order valence-corrected chi connectivity index (χ3v) is 3.56. The molecule has 0 aliphatic heterocycles. The van der Waals surface area contributed by atoms with Gasteiger partial charge in [0.25, 0.3) is 0 Å². The minimum atomic E-state index is -1.16. The van der Waals surface area contributed by atoms with Gasteiger partial charge in [0.05, 0.1) is 6.10 Å². The zero-order valence-electron chi connectivity index (χ0n) is 15.9. The lowest BCUT2D eigenvalue weighted by molar-refractivity contribution is -0.176. The normalized spacial score (nSPS) is 13.6. The van der Waals surface area contributed by atoms with Crippen molar-refractivity contribution in [2.45, 2.75) is 77.6 Å². The molecular weight excluding hydrogens is 324 g/mol. The lowest BCUT2D eigenvalue weighted by atomic mass is 10.00. The van der Waals surface area contributed by atoms with Gasteiger partial charge in [-0.15, -0.1) is 6.58 Å². The largest absolute Gasteiger partial charge is 0.502 e. The van der Waals surface area contributed by atoms with E-state index in [1.807, 2.05) is 6.92 Å². The molecule has 0 aromatic carbocycles. The first-order chi connectivity index (χ1) is 11.6. The smallest absolute Gasteiger partial charge is 0.373 e. The SMILES string of the molecule is C=CCC(OC(=O)C(=C)O)C(=O)OC(C)(C)CCC(C)OCCCC. The van der Waals surface area contributed by atoms with Crippen LogP contribution < -0.4 is 0 Å².